The van der Waals surface area contributed by atoms with Gasteiger partial charge in [-0.3, -0.25) is 14.4 Å². The number of ketones is 2. The zero-order valence-corrected chi connectivity index (χ0v) is 18.9. The van der Waals surface area contributed by atoms with E-state index in [9.17, 15) is 24.6 Å². The Labute approximate surface area is 203 Å². The van der Waals surface area contributed by atoms with E-state index in [2.05, 4.69) is 11.9 Å². The van der Waals surface area contributed by atoms with Crippen LogP contribution in [0.15, 0.2) is 104 Å². The number of carbonyl (C=O) groups is 3. The Hall–Kier alpha value is -4.71. The highest BCUT2D eigenvalue weighted by molar-refractivity contribution is 6.14. The molecule has 3 aromatic rings. The van der Waals surface area contributed by atoms with Gasteiger partial charge in [0.1, 0.15) is 17.4 Å². The summed E-state index contributed by atoms with van der Waals surface area (Å²) in [7, 11) is 0. The predicted molar refractivity (Wildman–Crippen MR) is 135 cm³/mol. The topological polar surface area (TPSA) is 104 Å². The van der Waals surface area contributed by atoms with Crippen molar-refractivity contribution in [3.05, 3.63) is 120 Å². The molecule has 0 aromatic heterocycles. The molecule has 0 saturated heterocycles. The normalized spacial score (nSPS) is 12.8. The highest BCUT2D eigenvalue weighted by atomic mass is 16.3. The standard InChI is InChI=1S/C29H25NO5/c1-2-27(35)30-29(22-10-4-3-5-11-22)28(25(33)16-14-20-8-6-12-23(31)18-20)26(34)17-15-21-9-7-13-24(32)19-21/h2-19,28-29,31-32H,1H2,(H,30,35). The number of rotatable bonds is 10. The van der Waals surface area contributed by atoms with E-state index in [-0.39, 0.29) is 11.5 Å². The Morgan fingerprint density at radius 2 is 1.26 bits per heavy atom. The van der Waals surface area contributed by atoms with E-state index < -0.39 is 29.4 Å². The van der Waals surface area contributed by atoms with Crippen molar-refractivity contribution in [1.82, 2.24) is 5.32 Å². The predicted octanol–water partition coefficient (Wildman–Crippen LogP) is 4.62. The maximum Gasteiger partial charge on any atom is 0.243 e. The third kappa shape index (κ3) is 7.14. The highest BCUT2D eigenvalue weighted by Crippen LogP contribution is 2.26. The van der Waals surface area contributed by atoms with Gasteiger partial charge in [0.05, 0.1) is 6.04 Å². The summed E-state index contributed by atoms with van der Waals surface area (Å²) >= 11 is 0. The summed E-state index contributed by atoms with van der Waals surface area (Å²) in [5, 5.41) is 22.1. The van der Waals surface area contributed by atoms with Crippen molar-refractivity contribution < 1.29 is 24.6 Å². The molecule has 35 heavy (non-hydrogen) atoms. The van der Waals surface area contributed by atoms with Crippen molar-refractivity contribution in [3.63, 3.8) is 0 Å². The number of amides is 1. The third-order valence-electron chi connectivity index (χ3n) is 5.21. The van der Waals surface area contributed by atoms with Crippen LogP contribution in [0.3, 0.4) is 0 Å². The molecule has 0 spiro atoms. The summed E-state index contributed by atoms with van der Waals surface area (Å²) in [4.78, 5) is 39.0. The van der Waals surface area contributed by atoms with E-state index >= 15 is 0 Å². The first-order valence-corrected chi connectivity index (χ1v) is 10.9. The molecular formula is C29H25NO5. The minimum Gasteiger partial charge on any atom is -0.508 e. The molecule has 6 nitrogen and oxygen atoms in total. The molecule has 176 valence electrons. The number of nitrogens with one attached hydrogen (secondary N) is 1. The van der Waals surface area contributed by atoms with E-state index in [0.29, 0.717) is 16.7 Å². The largest absolute Gasteiger partial charge is 0.508 e. The average molecular weight is 468 g/mol. The zero-order valence-electron chi connectivity index (χ0n) is 18.9. The first kappa shape index (κ1) is 24.9. The second-order valence-electron chi connectivity index (χ2n) is 7.74. The van der Waals surface area contributed by atoms with Crippen molar-refractivity contribution in [1.29, 1.82) is 0 Å². The van der Waals surface area contributed by atoms with Gasteiger partial charge in [0.15, 0.2) is 11.6 Å². The molecule has 0 bridgehead atoms. The van der Waals surface area contributed by atoms with Crippen LogP contribution in [0.4, 0.5) is 0 Å². The van der Waals surface area contributed by atoms with E-state index in [4.69, 9.17) is 0 Å². The van der Waals surface area contributed by atoms with Crippen molar-refractivity contribution in [2.24, 2.45) is 5.92 Å². The summed E-state index contributed by atoms with van der Waals surface area (Å²) in [5.74, 6) is -2.78. The molecule has 0 aliphatic heterocycles. The van der Waals surface area contributed by atoms with Crippen LogP contribution in [0.1, 0.15) is 22.7 Å². The number of phenols is 2. The van der Waals surface area contributed by atoms with Crippen LogP contribution in [0, 0.1) is 5.92 Å². The molecule has 3 aromatic carbocycles. The number of benzene rings is 3. The Morgan fingerprint density at radius 3 is 1.71 bits per heavy atom. The summed E-state index contributed by atoms with van der Waals surface area (Å²) in [5.41, 5.74) is 1.73. The number of carbonyl (C=O) groups excluding carboxylic acids is 3. The van der Waals surface area contributed by atoms with Crippen molar-refractivity contribution in [2.75, 3.05) is 0 Å². The van der Waals surface area contributed by atoms with Crippen molar-refractivity contribution >= 4 is 29.6 Å². The van der Waals surface area contributed by atoms with Crippen LogP contribution in [-0.2, 0) is 14.4 Å². The van der Waals surface area contributed by atoms with Gasteiger partial charge < -0.3 is 15.5 Å². The second-order valence-corrected chi connectivity index (χ2v) is 7.74. The lowest BCUT2D eigenvalue weighted by Crippen LogP contribution is -2.39. The van der Waals surface area contributed by atoms with Crippen LogP contribution < -0.4 is 5.32 Å². The summed E-state index contributed by atoms with van der Waals surface area (Å²) in [6.07, 6.45) is 6.59. The molecule has 1 unspecified atom stereocenters. The highest BCUT2D eigenvalue weighted by Gasteiger charge is 2.34. The zero-order chi connectivity index (χ0) is 25.2. The molecule has 0 fully saturated rings. The fourth-order valence-corrected chi connectivity index (χ4v) is 3.52. The molecule has 0 heterocycles. The van der Waals surface area contributed by atoms with Gasteiger partial charge in [-0.15, -0.1) is 0 Å². The molecular weight excluding hydrogens is 442 g/mol. The number of aromatic hydroxyl groups is 2. The van der Waals surface area contributed by atoms with Gasteiger partial charge in [-0.1, -0.05) is 73.3 Å². The summed E-state index contributed by atoms with van der Waals surface area (Å²) in [6.45, 7) is 3.47. The minimum atomic E-state index is -1.27. The molecule has 3 rings (SSSR count). The van der Waals surface area contributed by atoms with E-state index in [1.807, 2.05) is 0 Å². The van der Waals surface area contributed by atoms with Crippen molar-refractivity contribution in [3.8, 4) is 11.5 Å². The van der Waals surface area contributed by atoms with Crippen LogP contribution >= 0.6 is 0 Å². The van der Waals surface area contributed by atoms with Crippen molar-refractivity contribution in [2.45, 2.75) is 6.04 Å². The molecule has 0 aliphatic rings. The quantitative estimate of drug-likeness (QED) is 0.298. The van der Waals surface area contributed by atoms with Gasteiger partial charge in [-0.2, -0.15) is 0 Å². The summed E-state index contributed by atoms with van der Waals surface area (Å²) in [6, 6.07) is 20.4. The fraction of sp³-hybridized carbons (Fsp3) is 0.0690. The summed E-state index contributed by atoms with van der Waals surface area (Å²) < 4.78 is 0. The van der Waals surface area contributed by atoms with Gasteiger partial charge in [0.25, 0.3) is 0 Å². The van der Waals surface area contributed by atoms with Gasteiger partial charge in [0.2, 0.25) is 5.91 Å². The average Bonchev–Trinajstić information content (AvgIpc) is 2.86. The van der Waals surface area contributed by atoms with E-state index in [1.165, 1.54) is 48.6 Å². The smallest absolute Gasteiger partial charge is 0.243 e. The number of hydrogen-bond donors (Lipinski definition) is 3. The van der Waals surface area contributed by atoms with Crippen LogP contribution in [-0.4, -0.2) is 27.7 Å². The molecule has 1 amide bonds. The van der Waals surface area contributed by atoms with Crippen LogP contribution in [0.2, 0.25) is 0 Å². The molecule has 0 radical (unpaired) electrons. The molecule has 6 heteroatoms. The second kappa shape index (κ2) is 12.0. The first-order chi connectivity index (χ1) is 16.9. The maximum absolute atomic E-state index is 13.4. The van der Waals surface area contributed by atoms with Gasteiger partial charge in [-0.25, -0.2) is 0 Å². The van der Waals surface area contributed by atoms with Gasteiger partial charge in [0, 0.05) is 0 Å². The number of allylic oxidation sites excluding steroid dienone is 2. The lowest BCUT2D eigenvalue weighted by molar-refractivity contribution is -0.129. The molecule has 1 atom stereocenters. The van der Waals surface area contributed by atoms with Crippen LogP contribution in [0.25, 0.3) is 12.2 Å². The first-order valence-electron chi connectivity index (χ1n) is 10.9. The third-order valence-corrected chi connectivity index (χ3v) is 5.21. The molecule has 3 N–H and O–H groups in total. The Kier molecular flexibility index (Phi) is 8.51. The fourth-order valence-electron chi connectivity index (χ4n) is 3.52. The maximum atomic E-state index is 13.4. The Bertz CT molecular complexity index is 1210. The number of phenolic OH excluding ortho intramolecular Hbond substituents is 2. The van der Waals surface area contributed by atoms with E-state index in [0.717, 1.165) is 6.08 Å². The lowest BCUT2D eigenvalue weighted by Gasteiger charge is -2.25. The van der Waals surface area contributed by atoms with Crippen LogP contribution in [0.5, 0.6) is 11.5 Å². The Morgan fingerprint density at radius 1 is 0.743 bits per heavy atom. The number of hydrogen-bond acceptors (Lipinski definition) is 5. The lowest BCUT2D eigenvalue weighted by atomic mass is 9.85. The monoisotopic (exact) mass is 467 g/mol. The Balaban J connectivity index is 2.01. The minimum absolute atomic E-state index is 0.0432. The van der Waals surface area contributed by atoms with Gasteiger partial charge in [-0.05, 0) is 59.2 Å². The molecule has 0 aliphatic carbocycles. The van der Waals surface area contributed by atoms with Gasteiger partial charge >= 0.3 is 0 Å². The van der Waals surface area contributed by atoms with E-state index in [1.54, 1.807) is 54.6 Å². The SMILES string of the molecule is C=CC(=O)NC(c1ccccc1)C(C(=O)C=Cc1cccc(O)c1)C(=O)C=Cc1cccc(O)c1. The molecule has 0 saturated carbocycles.